The summed E-state index contributed by atoms with van der Waals surface area (Å²) in [5.41, 5.74) is -0.294. The fourth-order valence-corrected chi connectivity index (χ4v) is 3.53. The lowest BCUT2D eigenvalue weighted by atomic mass is 9.98. The van der Waals surface area contributed by atoms with Crippen molar-refractivity contribution in [2.45, 2.75) is 77.0 Å². The number of rotatable bonds is 10. The number of nitrogens with zero attached hydrogens (tertiary/aromatic N) is 2. The summed E-state index contributed by atoms with van der Waals surface area (Å²) in [6.45, 7) is 2.83. The monoisotopic (exact) mass is 437 g/mol. The Hall–Kier alpha value is -2.51. The molecule has 170 valence electrons. The molecule has 8 heteroatoms. The van der Waals surface area contributed by atoms with Gasteiger partial charge in [0.05, 0.1) is 6.61 Å². The molecule has 1 saturated carbocycles. The Kier molecular flexibility index (Phi) is 8.37. The highest BCUT2D eigenvalue weighted by Crippen LogP contribution is 2.37. The highest BCUT2D eigenvalue weighted by molar-refractivity contribution is 5.55. The summed E-state index contributed by atoms with van der Waals surface area (Å²) in [4.78, 5) is 7.87. The van der Waals surface area contributed by atoms with Crippen molar-refractivity contribution < 1.29 is 22.6 Å². The van der Waals surface area contributed by atoms with Gasteiger partial charge in [0, 0.05) is 11.9 Å². The van der Waals surface area contributed by atoms with Gasteiger partial charge in [-0.1, -0.05) is 32.6 Å². The summed E-state index contributed by atoms with van der Waals surface area (Å²) < 4.78 is 51.5. The van der Waals surface area contributed by atoms with Gasteiger partial charge in [0.1, 0.15) is 17.4 Å². The van der Waals surface area contributed by atoms with E-state index in [2.05, 4.69) is 22.2 Å². The molecule has 5 nitrogen and oxygen atoms in total. The lowest BCUT2D eigenvalue weighted by Gasteiger charge is -2.24. The maximum Gasteiger partial charge on any atom is 0.423 e. The van der Waals surface area contributed by atoms with Crippen molar-refractivity contribution >= 4 is 11.6 Å². The highest BCUT2D eigenvalue weighted by atomic mass is 19.4. The van der Waals surface area contributed by atoms with Gasteiger partial charge in [-0.15, -0.1) is 0 Å². The lowest BCUT2D eigenvalue weighted by molar-refractivity contribution is -0.140. The Morgan fingerprint density at radius 3 is 2.45 bits per heavy atom. The van der Waals surface area contributed by atoms with Crippen LogP contribution in [-0.2, 0) is 6.18 Å². The van der Waals surface area contributed by atoms with E-state index in [4.69, 9.17) is 9.47 Å². The molecule has 0 spiro atoms. The van der Waals surface area contributed by atoms with Gasteiger partial charge < -0.3 is 14.8 Å². The maximum absolute atomic E-state index is 13.4. The van der Waals surface area contributed by atoms with E-state index in [1.165, 1.54) is 12.8 Å². The molecule has 31 heavy (non-hydrogen) atoms. The second kappa shape index (κ2) is 11.2. The molecule has 2 aromatic rings. The third kappa shape index (κ3) is 7.29. The summed E-state index contributed by atoms with van der Waals surface area (Å²) in [6.07, 6.45) is 4.97. The summed E-state index contributed by atoms with van der Waals surface area (Å²) in [5, 5.41) is 2.95. The van der Waals surface area contributed by atoms with E-state index in [-0.39, 0.29) is 12.1 Å². The minimum absolute atomic E-state index is 0.0621. The van der Waals surface area contributed by atoms with Crippen LogP contribution >= 0.6 is 0 Å². The van der Waals surface area contributed by atoms with Crippen molar-refractivity contribution in [3.63, 3.8) is 0 Å². The van der Waals surface area contributed by atoms with E-state index in [0.29, 0.717) is 12.3 Å². The Labute approximate surface area is 181 Å². The molecule has 0 radical (unpaired) electrons. The van der Waals surface area contributed by atoms with Crippen molar-refractivity contribution in [2.24, 2.45) is 0 Å². The molecular formula is C23H30F3N3O2. The molecule has 1 heterocycles. The molecule has 0 saturated heterocycles. The fraction of sp³-hybridized carbons (Fsp3) is 0.565. The topological polar surface area (TPSA) is 56.3 Å². The molecule has 0 atom stereocenters. The number of nitrogens with one attached hydrogen (secondary N) is 1. The zero-order valence-corrected chi connectivity index (χ0v) is 17.9. The smallest absolute Gasteiger partial charge is 0.423 e. The molecule has 0 amide bonds. The largest absolute Gasteiger partial charge is 0.494 e. The number of hydrogen-bond donors (Lipinski definition) is 1. The minimum Gasteiger partial charge on any atom is -0.494 e. The third-order valence-corrected chi connectivity index (χ3v) is 5.27. The van der Waals surface area contributed by atoms with E-state index in [9.17, 15) is 13.2 Å². The first-order valence-electron chi connectivity index (χ1n) is 11.1. The number of ether oxygens (including phenoxy) is 2. The highest BCUT2D eigenvalue weighted by Gasteiger charge is 2.37. The number of unbranched alkanes of at least 4 members (excludes halogenated alkanes) is 3. The van der Waals surface area contributed by atoms with E-state index < -0.39 is 17.6 Å². The SMILES string of the molecule is CCCCCCOc1ccc(Nc2ncc(C(F)(F)F)c(OC3CCCCC3)n2)cc1. The first kappa shape index (κ1) is 23.2. The van der Waals surface area contributed by atoms with Crippen LogP contribution in [0.2, 0.25) is 0 Å². The number of aromatic nitrogens is 2. The van der Waals surface area contributed by atoms with Crippen LogP contribution < -0.4 is 14.8 Å². The summed E-state index contributed by atoms with van der Waals surface area (Å²) in [7, 11) is 0. The van der Waals surface area contributed by atoms with Crippen LogP contribution in [0.3, 0.4) is 0 Å². The first-order valence-corrected chi connectivity index (χ1v) is 11.1. The average molecular weight is 438 g/mol. The van der Waals surface area contributed by atoms with E-state index >= 15 is 0 Å². The number of alkyl halides is 3. The second-order valence-electron chi connectivity index (χ2n) is 7.85. The Bertz CT molecular complexity index is 807. The molecule has 0 bridgehead atoms. The van der Waals surface area contributed by atoms with Crippen LogP contribution in [0.1, 0.15) is 70.3 Å². The molecule has 1 aromatic carbocycles. The van der Waals surface area contributed by atoms with Gasteiger partial charge in [-0.25, -0.2) is 4.98 Å². The first-order chi connectivity index (χ1) is 15.0. The predicted molar refractivity (Wildman–Crippen MR) is 114 cm³/mol. The lowest BCUT2D eigenvalue weighted by Crippen LogP contribution is -2.22. The molecule has 1 aliphatic rings. The van der Waals surface area contributed by atoms with Gasteiger partial charge in [-0.05, 0) is 56.4 Å². The summed E-state index contributed by atoms with van der Waals surface area (Å²) in [5.74, 6) is 0.396. The van der Waals surface area contributed by atoms with E-state index in [0.717, 1.165) is 56.9 Å². The maximum atomic E-state index is 13.4. The normalized spacial score (nSPS) is 15.0. The Morgan fingerprint density at radius 1 is 1.03 bits per heavy atom. The molecular weight excluding hydrogens is 407 g/mol. The van der Waals surface area contributed by atoms with Gasteiger partial charge in [0.25, 0.3) is 0 Å². The Balaban J connectivity index is 1.64. The van der Waals surface area contributed by atoms with Crippen LogP contribution in [-0.4, -0.2) is 22.7 Å². The summed E-state index contributed by atoms with van der Waals surface area (Å²) in [6, 6.07) is 7.19. The zero-order chi connectivity index (χ0) is 22.1. The summed E-state index contributed by atoms with van der Waals surface area (Å²) >= 11 is 0. The standard InChI is InChI=1S/C23H30F3N3O2/c1-2-3-4-8-15-30-18-13-11-17(12-14-18)28-22-27-16-20(23(24,25)26)21(29-22)31-19-9-6-5-7-10-19/h11-14,16,19H,2-10,15H2,1H3,(H,27,28,29). The van der Waals surface area contributed by atoms with Gasteiger partial charge in [0.15, 0.2) is 0 Å². The van der Waals surface area contributed by atoms with Crippen LogP contribution in [0, 0.1) is 0 Å². The second-order valence-corrected chi connectivity index (χ2v) is 7.85. The molecule has 0 unspecified atom stereocenters. The van der Waals surface area contributed by atoms with Crippen LogP contribution in [0.5, 0.6) is 11.6 Å². The number of anilines is 2. The minimum atomic E-state index is -4.57. The van der Waals surface area contributed by atoms with Crippen LogP contribution in [0.25, 0.3) is 0 Å². The van der Waals surface area contributed by atoms with Crippen LogP contribution in [0.4, 0.5) is 24.8 Å². The van der Waals surface area contributed by atoms with Crippen molar-refractivity contribution in [1.82, 2.24) is 9.97 Å². The molecule has 1 N–H and O–H groups in total. The van der Waals surface area contributed by atoms with E-state index in [1.54, 1.807) is 12.1 Å². The Morgan fingerprint density at radius 2 is 1.77 bits per heavy atom. The molecule has 3 rings (SSSR count). The van der Waals surface area contributed by atoms with Crippen molar-refractivity contribution in [3.8, 4) is 11.6 Å². The molecule has 1 fully saturated rings. The van der Waals surface area contributed by atoms with Gasteiger partial charge in [-0.3, -0.25) is 0 Å². The molecule has 1 aliphatic carbocycles. The van der Waals surface area contributed by atoms with Crippen molar-refractivity contribution in [2.75, 3.05) is 11.9 Å². The number of halogens is 3. The number of benzene rings is 1. The van der Waals surface area contributed by atoms with Crippen LogP contribution in [0.15, 0.2) is 30.5 Å². The van der Waals surface area contributed by atoms with Gasteiger partial charge in [0.2, 0.25) is 11.8 Å². The average Bonchev–Trinajstić information content (AvgIpc) is 2.75. The predicted octanol–water partition coefficient (Wildman–Crippen LogP) is 6.91. The van der Waals surface area contributed by atoms with Gasteiger partial charge in [-0.2, -0.15) is 18.2 Å². The quantitative estimate of drug-likeness (QED) is 0.409. The van der Waals surface area contributed by atoms with Crippen molar-refractivity contribution in [1.29, 1.82) is 0 Å². The molecule has 1 aromatic heterocycles. The fourth-order valence-electron chi connectivity index (χ4n) is 3.53. The van der Waals surface area contributed by atoms with Gasteiger partial charge >= 0.3 is 6.18 Å². The zero-order valence-electron chi connectivity index (χ0n) is 17.9. The third-order valence-electron chi connectivity index (χ3n) is 5.27. The number of hydrogen-bond acceptors (Lipinski definition) is 5. The molecule has 0 aliphatic heterocycles. The van der Waals surface area contributed by atoms with E-state index in [1.807, 2.05) is 12.1 Å². The van der Waals surface area contributed by atoms with Crippen molar-refractivity contribution in [3.05, 3.63) is 36.0 Å².